The van der Waals surface area contributed by atoms with Crippen molar-refractivity contribution in [2.45, 2.75) is 45.6 Å². The molecule has 0 fully saturated rings. The Bertz CT molecular complexity index is 637. The van der Waals surface area contributed by atoms with Gasteiger partial charge in [-0.25, -0.2) is 0 Å². The van der Waals surface area contributed by atoms with E-state index >= 15 is 0 Å². The average molecular weight is 356 g/mol. The van der Waals surface area contributed by atoms with Crippen molar-refractivity contribution in [2.24, 2.45) is 5.92 Å². The van der Waals surface area contributed by atoms with Gasteiger partial charge in [-0.05, 0) is 42.7 Å². The average Bonchev–Trinajstić information content (AvgIpc) is 2.67. The van der Waals surface area contributed by atoms with E-state index in [1.165, 1.54) is 0 Å². The molecule has 26 heavy (non-hydrogen) atoms. The number of carboxylic acid groups (broad SMARTS) is 1. The van der Waals surface area contributed by atoms with E-state index in [2.05, 4.69) is 0 Å². The summed E-state index contributed by atoms with van der Waals surface area (Å²) in [6.07, 6.45) is 4.80. The van der Waals surface area contributed by atoms with Crippen LogP contribution in [-0.4, -0.2) is 17.7 Å². The van der Waals surface area contributed by atoms with Crippen molar-refractivity contribution >= 4 is 5.97 Å². The van der Waals surface area contributed by atoms with E-state index in [1.54, 1.807) is 6.92 Å². The summed E-state index contributed by atoms with van der Waals surface area (Å²) in [5.74, 6) is 0.726. The van der Waals surface area contributed by atoms with Gasteiger partial charge in [-0.3, -0.25) is 4.79 Å². The molecular weight excluding hydrogens is 328 g/mol. The molecule has 0 saturated heterocycles. The van der Waals surface area contributed by atoms with Crippen molar-refractivity contribution in [3.05, 3.63) is 60.2 Å². The van der Waals surface area contributed by atoms with Crippen molar-refractivity contribution in [1.29, 1.82) is 0 Å². The molecule has 0 aliphatic carbocycles. The molecular formula is C22H28O4. The van der Waals surface area contributed by atoms with Gasteiger partial charge < -0.3 is 14.6 Å². The van der Waals surface area contributed by atoms with Gasteiger partial charge >= 0.3 is 5.97 Å². The van der Waals surface area contributed by atoms with Gasteiger partial charge in [0.25, 0.3) is 0 Å². The highest BCUT2D eigenvalue weighted by molar-refractivity contribution is 5.69. The molecule has 1 N–H and O–H groups in total. The first-order valence-corrected chi connectivity index (χ1v) is 9.27. The lowest BCUT2D eigenvalue weighted by Crippen LogP contribution is -2.08. The molecule has 0 amide bonds. The van der Waals surface area contributed by atoms with Crippen LogP contribution in [0.5, 0.6) is 11.5 Å². The predicted molar refractivity (Wildman–Crippen MR) is 103 cm³/mol. The van der Waals surface area contributed by atoms with E-state index in [0.29, 0.717) is 13.2 Å². The minimum absolute atomic E-state index is 0.242. The van der Waals surface area contributed by atoms with E-state index in [9.17, 15) is 4.79 Å². The summed E-state index contributed by atoms with van der Waals surface area (Å²) in [5, 5.41) is 8.83. The normalized spacial score (nSPS) is 11.7. The molecule has 0 spiro atoms. The van der Waals surface area contributed by atoms with Gasteiger partial charge in [0.15, 0.2) is 0 Å². The summed E-state index contributed by atoms with van der Waals surface area (Å²) in [7, 11) is 0. The summed E-state index contributed by atoms with van der Waals surface area (Å²) in [5.41, 5.74) is 1.14. The fourth-order valence-electron chi connectivity index (χ4n) is 2.59. The summed E-state index contributed by atoms with van der Waals surface area (Å²) < 4.78 is 11.5. The van der Waals surface area contributed by atoms with Gasteiger partial charge in [-0.2, -0.15) is 0 Å². The summed E-state index contributed by atoms with van der Waals surface area (Å²) in [6, 6.07) is 17.8. The lowest BCUT2D eigenvalue weighted by atomic mass is 10.0. The van der Waals surface area contributed by atoms with Gasteiger partial charge in [0, 0.05) is 0 Å². The van der Waals surface area contributed by atoms with Crippen LogP contribution in [0.25, 0.3) is 0 Å². The van der Waals surface area contributed by atoms with E-state index < -0.39 is 5.97 Å². The number of ether oxygens (including phenoxy) is 2. The molecule has 1 atom stereocenters. The maximum atomic E-state index is 10.7. The second kappa shape index (κ2) is 11.2. The molecule has 0 saturated carbocycles. The van der Waals surface area contributed by atoms with E-state index in [1.807, 2.05) is 54.6 Å². The van der Waals surface area contributed by atoms with E-state index in [0.717, 1.165) is 49.2 Å². The second-order valence-corrected chi connectivity index (χ2v) is 6.54. The van der Waals surface area contributed by atoms with Gasteiger partial charge in [-0.1, -0.05) is 56.5 Å². The first-order valence-electron chi connectivity index (χ1n) is 9.27. The van der Waals surface area contributed by atoms with E-state index in [4.69, 9.17) is 14.6 Å². The lowest BCUT2D eigenvalue weighted by molar-refractivity contribution is -0.141. The molecule has 0 aromatic heterocycles. The van der Waals surface area contributed by atoms with Crippen molar-refractivity contribution < 1.29 is 19.4 Å². The zero-order chi connectivity index (χ0) is 18.6. The van der Waals surface area contributed by atoms with Gasteiger partial charge in [0.05, 0.1) is 12.5 Å². The van der Waals surface area contributed by atoms with Crippen LogP contribution >= 0.6 is 0 Å². The Kier molecular flexibility index (Phi) is 8.53. The summed E-state index contributed by atoms with van der Waals surface area (Å²) >= 11 is 0. The third-order valence-electron chi connectivity index (χ3n) is 4.29. The van der Waals surface area contributed by atoms with E-state index in [-0.39, 0.29) is 5.92 Å². The summed E-state index contributed by atoms with van der Waals surface area (Å²) in [4.78, 5) is 10.7. The molecule has 0 aliphatic rings. The van der Waals surface area contributed by atoms with Crippen LogP contribution < -0.4 is 9.47 Å². The molecule has 0 aliphatic heterocycles. The van der Waals surface area contributed by atoms with Crippen molar-refractivity contribution in [3.8, 4) is 11.5 Å². The second-order valence-electron chi connectivity index (χ2n) is 6.54. The number of carboxylic acids is 1. The zero-order valence-corrected chi connectivity index (χ0v) is 15.4. The molecule has 2 aromatic rings. The van der Waals surface area contributed by atoms with Crippen molar-refractivity contribution in [3.63, 3.8) is 0 Å². The number of hydrogen-bond acceptors (Lipinski definition) is 3. The molecule has 1 unspecified atom stereocenters. The number of unbranched alkanes of at least 4 members (excludes halogenated alkanes) is 3. The lowest BCUT2D eigenvalue weighted by Gasteiger charge is -2.09. The van der Waals surface area contributed by atoms with Crippen LogP contribution in [0, 0.1) is 5.92 Å². The Hall–Kier alpha value is -2.49. The Morgan fingerprint density at radius 2 is 1.50 bits per heavy atom. The molecule has 4 nitrogen and oxygen atoms in total. The molecule has 0 radical (unpaired) electrons. The largest absolute Gasteiger partial charge is 0.494 e. The predicted octanol–water partition coefficient (Wildman–Crippen LogP) is 5.32. The quantitative estimate of drug-likeness (QED) is 0.523. The fraction of sp³-hybridized carbons (Fsp3) is 0.409. The van der Waals surface area contributed by atoms with Crippen LogP contribution in [-0.2, 0) is 11.4 Å². The highest BCUT2D eigenvalue weighted by Gasteiger charge is 2.09. The first kappa shape index (κ1) is 19.8. The highest BCUT2D eigenvalue weighted by Crippen LogP contribution is 2.19. The molecule has 2 rings (SSSR count). The monoisotopic (exact) mass is 356 g/mol. The van der Waals surface area contributed by atoms with Crippen LogP contribution in [0.2, 0.25) is 0 Å². The number of carbonyl (C=O) groups is 1. The van der Waals surface area contributed by atoms with Gasteiger partial charge in [0.1, 0.15) is 18.1 Å². The summed E-state index contributed by atoms with van der Waals surface area (Å²) in [6.45, 7) is 3.00. The third-order valence-corrected chi connectivity index (χ3v) is 4.29. The Balaban J connectivity index is 1.57. The molecule has 0 heterocycles. The van der Waals surface area contributed by atoms with Crippen LogP contribution in [0.15, 0.2) is 54.6 Å². The number of rotatable bonds is 12. The third kappa shape index (κ3) is 7.60. The SMILES string of the molecule is CC(CCCCCCOc1ccc(OCc2ccccc2)cc1)C(=O)O. The van der Waals surface area contributed by atoms with Crippen LogP contribution in [0.3, 0.4) is 0 Å². The maximum absolute atomic E-state index is 10.7. The van der Waals surface area contributed by atoms with Crippen LogP contribution in [0.1, 0.15) is 44.6 Å². The molecule has 2 aromatic carbocycles. The van der Waals surface area contributed by atoms with Crippen molar-refractivity contribution in [1.82, 2.24) is 0 Å². The first-order chi connectivity index (χ1) is 12.6. The molecule has 4 heteroatoms. The topological polar surface area (TPSA) is 55.8 Å². The van der Waals surface area contributed by atoms with Gasteiger partial charge in [-0.15, -0.1) is 0 Å². The standard InChI is InChI=1S/C22H28O4/c1-18(22(23)24)9-5-2-3-8-16-25-20-12-14-21(15-13-20)26-17-19-10-6-4-7-11-19/h4,6-7,10-15,18H,2-3,5,8-9,16-17H2,1H3,(H,23,24). The highest BCUT2D eigenvalue weighted by atomic mass is 16.5. The number of hydrogen-bond donors (Lipinski definition) is 1. The number of benzene rings is 2. The Morgan fingerprint density at radius 1 is 0.885 bits per heavy atom. The van der Waals surface area contributed by atoms with Gasteiger partial charge in [0.2, 0.25) is 0 Å². The Morgan fingerprint density at radius 3 is 2.15 bits per heavy atom. The van der Waals surface area contributed by atoms with Crippen molar-refractivity contribution in [2.75, 3.05) is 6.61 Å². The number of aliphatic carboxylic acids is 1. The molecule has 0 bridgehead atoms. The Labute approximate surface area is 155 Å². The minimum Gasteiger partial charge on any atom is -0.494 e. The zero-order valence-electron chi connectivity index (χ0n) is 15.4. The molecule has 140 valence electrons. The fourth-order valence-corrected chi connectivity index (χ4v) is 2.59. The maximum Gasteiger partial charge on any atom is 0.306 e. The van der Waals surface area contributed by atoms with Crippen LogP contribution in [0.4, 0.5) is 0 Å². The smallest absolute Gasteiger partial charge is 0.306 e. The minimum atomic E-state index is -0.704.